The van der Waals surface area contributed by atoms with E-state index < -0.39 is 12.0 Å². The number of carbonyl (C=O) groups excluding carboxylic acids is 2. The van der Waals surface area contributed by atoms with Gasteiger partial charge in [-0.2, -0.15) is 0 Å². The van der Waals surface area contributed by atoms with Crippen molar-refractivity contribution in [1.82, 2.24) is 5.32 Å². The number of methoxy groups -OCH3 is 1. The number of nitrogens with one attached hydrogen (secondary N) is 1. The molecule has 1 aromatic carbocycles. The number of carbonyl (C=O) groups is 2. The number of ether oxygens (including phenoxy) is 2. The molecule has 140 valence electrons. The molecule has 2 atom stereocenters. The first kappa shape index (κ1) is 21.0. The Morgan fingerprint density at radius 3 is 2.28 bits per heavy atom. The molecule has 0 spiro atoms. The van der Waals surface area contributed by atoms with E-state index in [0.29, 0.717) is 19.4 Å². The van der Waals surface area contributed by atoms with Crippen LogP contribution in [-0.2, 0) is 20.7 Å². The van der Waals surface area contributed by atoms with Gasteiger partial charge in [0.25, 0.3) is 0 Å². The highest BCUT2D eigenvalue weighted by Gasteiger charge is 2.25. The number of hydrogen-bond acceptors (Lipinski definition) is 4. The summed E-state index contributed by atoms with van der Waals surface area (Å²) in [5, 5.41) is 2.82. The molecule has 0 aliphatic carbocycles. The van der Waals surface area contributed by atoms with Crippen LogP contribution < -0.4 is 10.1 Å². The third kappa shape index (κ3) is 7.59. The van der Waals surface area contributed by atoms with Crippen molar-refractivity contribution in [3.05, 3.63) is 29.8 Å². The summed E-state index contributed by atoms with van der Waals surface area (Å²) in [4.78, 5) is 24.3. The zero-order valence-corrected chi connectivity index (χ0v) is 16.0. The zero-order chi connectivity index (χ0) is 18.8. The van der Waals surface area contributed by atoms with Gasteiger partial charge in [0, 0.05) is 5.92 Å². The lowest BCUT2D eigenvalue weighted by molar-refractivity contribution is -0.146. The van der Waals surface area contributed by atoms with Gasteiger partial charge in [-0.25, -0.2) is 4.79 Å². The number of rotatable bonds is 10. The maximum atomic E-state index is 12.4. The van der Waals surface area contributed by atoms with Gasteiger partial charge in [-0.3, -0.25) is 4.79 Å². The summed E-state index contributed by atoms with van der Waals surface area (Å²) in [6.45, 7) is 8.64. The molecule has 0 bridgehead atoms. The summed E-state index contributed by atoms with van der Waals surface area (Å²) in [7, 11) is 1.34. The third-order valence-electron chi connectivity index (χ3n) is 3.89. The van der Waals surface area contributed by atoms with E-state index in [9.17, 15) is 9.59 Å². The number of amides is 1. The van der Waals surface area contributed by atoms with E-state index in [0.717, 1.165) is 17.7 Å². The predicted octanol–water partition coefficient (Wildman–Crippen LogP) is 3.36. The highest BCUT2D eigenvalue weighted by molar-refractivity contribution is 5.85. The van der Waals surface area contributed by atoms with Crippen LogP contribution in [0.5, 0.6) is 5.75 Å². The first-order valence-electron chi connectivity index (χ1n) is 8.97. The van der Waals surface area contributed by atoms with E-state index in [-0.39, 0.29) is 17.7 Å². The summed E-state index contributed by atoms with van der Waals surface area (Å²) in [6.07, 6.45) is 2.14. The van der Waals surface area contributed by atoms with E-state index in [1.54, 1.807) is 0 Å². The Morgan fingerprint density at radius 1 is 1.12 bits per heavy atom. The Kier molecular flexibility index (Phi) is 9.03. The standard InChI is InChI=1S/C20H31NO4/c1-6-11-25-17-9-7-16(8-10-17)13-15(4)19(22)21-18(12-14(2)3)20(23)24-5/h7-10,14-15,18H,6,11-13H2,1-5H3,(H,21,22)/t15-,18-/m0/s1. The van der Waals surface area contributed by atoms with Gasteiger partial charge in [-0.15, -0.1) is 0 Å². The maximum absolute atomic E-state index is 12.4. The first-order chi connectivity index (χ1) is 11.9. The first-order valence-corrected chi connectivity index (χ1v) is 8.97. The second-order valence-corrected chi connectivity index (χ2v) is 6.81. The summed E-state index contributed by atoms with van der Waals surface area (Å²) >= 11 is 0. The van der Waals surface area contributed by atoms with Crippen molar-refractivity contribution < 1.29 is 19.1 Å². The van der Waals surface area contributed by atoms with Crippen LogP contribution >= 0.6 is 0 Å². The Hall–Kier alpha value is -2.04. The van der Waals surface area contributed by atoms with Gasteiger partial charge in [0.05, 0.1) is 13.7 Å². The molecule has 25 heavy (non-hydrogen) atoms. The molecule has 0 aliphatic rings. The van der Waals surface area contributed by atoms with Gasteiger partial charge in [-0.05, 0) is 42.9 Å². The molecule has 1 amide bonds. The second-order valence-electron chi connectivity index (χ2n) is 6.81. The molecule has 0 unspecified atom stereocenters. The van der Waals surface area contributed by atoms with Crippen molar-refractivity contribution in [3.63, 3.8) is 0 Å². The topological polar surface area (TPSA) is 64.6 Å². The zero-order valence-electron chi connectivity index (χ0n) is 16.0. The number of benzene rings is 1. The highest BCUT2D eigenvalue weighted by Crippen LogP contribution is 2.16. The lowest BCUT2D eigenvalue weighted by Gasteiger charge is -2.20. The molecule has 0 fully saturated rings. The molecular weight excluding hydrogens is 318 g/mol. The smallest absolute Gasteiger partial charge is 0.328 e. The molecule has 0 aromatic heterocycles. The summed E-state index contributed by atoms with van der Waals surface area (Å²) in [6, 6.07) is 7.20. The molecule has 0 saturated heterocycles. The maximum Gasteiger partial charge on any atom is 0.328 e. The lowest BCUT2D eigenvalue weighted by Crippen LogP contribution is -2.44. The van der Waals surface area contributed by atoms with Gasteiger partial charge in [-0.1, -0.05) is 39.8 Å². The fourth-order valence-electron chi connectivity index (χ4n) is 2.53. The van der Waals surface area contributed by atoms with E-state index in [4.69, 9.17) is 9.47 Å². The number of esters is 1. The molecule has 5 nitrogen and oxygen atoms in total. The fraction of sp³-hybridized carbons (Fsp3) is 0.600. The van der Waals surface area contributed by atoms with Crippen molar-refractivity contribution in [1.29, 1.82) is 0 Å². The van der Waals surface area contributed by atoms with Crippen molar-refractivity contribution in [2.24, 2.45) is 11.8 Å². The van der Waals surface area contributed by atoms with E-state index in [1.807, 2.05) is 45.0 Å². The lowest BCUT2D eigenvalue weighted by atomic mass is 9.98. The highest BCUT2D eigenvalue weighted by atomic mass is 16.5. The van der Waals surface area contributed by atoms with Crippen LogP contribution in [-0.4, -0.2) is 31.6 Å². The minimum atomic E-state index is -0.593. The monoisotopic (exact) mass is 349 g/mol. The van der Waals surface area contributed by atoms with Crippen LogP contribution in [0.3, 0.4) is 0 Å². The van der Waals surface area contributed by atoms with E-state index in [1.165, 1.54) is 7.11 Å². The summed E-state index contributed by atoms with van der Waals surface area (Å²) in [5.41, 5.74) is 1.06. The summed E-state index contributed by atoms with van der Waals surface area (Å²) in [5.74, 6) is 0.358. The van der Waals surface area contributed by atoms with Crippen molar-refractivity contribution >= 4 is 11.9 Å². The average molecular weight is 349 g/mol. The molecule has 1 rings (SSSR count). The van der Waals surface area contributed by atoms with E-state index in [2.05, 4.69) is 12.2 Å². The Balaban J connectivity index is 2.61. The van der Waals surface area contributed by atoms with Crippen molar-refractivity contribution in [3.8, 4) is 5.75 Å². The third-order valence-corrected chi connectivity index (χ3v) is 3.89. The fourth-order valence-corrected chi connectivity index (χ4v) is 2.53. The van der Waals surface area contributed by atoms with Gasteiger partial charge in [0.15, 0.2) is 0 Å². The van der Waals surface area contributed by atoms with Crippen LogP contribution in [0, 0.1) is 11.8 Å². The van der Waals surface area contributed by atoms with Gasteiger partial charge < -0.3 is 14.8 Å². The quantitative estimate of drug-likeness (QED) is 0.658. The van der Waals surface area contributed by atoms with Gasteiger partial charge >= 0.3 is 5.97 Å². The van der Waals surface area contributed by atoms with Gasteiger partial charge in [0.1, 0.15) is 11.8 Å². The van der Waals surface area contributed by atoms with Crippen LogP contribution in [0.15, 0.2) is 24.3 Å². The Bertz CT molecular complexity index is 539. The van der Waals surface area contributed by atoms with Crippen LogP contribution in [0.25, 0.3) is 0 Å². The predicted molar refractivity (Wildman–Crippen MR) is 98.5 cm³/mol. The Labute approximate surface area is 151 Å². The van der Waals surface area contributed by atoms with Crippen LogP contribution in [0.4, 0.5) is 0 Å². The summed E-state index contributed by atoms with van der Waals surface area (Å²) < 4.78 is 10.4. The molecular formula is C20H31NO4. The molecule has 0 radical (unpaired) electrons. The molecule has 0 saturated carbocycles. The molecule has 0 aliphatic heterocycles. The average Bonchev–Trinajstić information content (AvgIpc) is 2.59. The largest absolute Gasteiger partial charge is 0.494 e. The molecule has 5 heteroatoms. The van der Waals surface area contributed by atoms with Crippen molar-refractivity contribution in [2.75, 3.05) is 13.7 Å². The van der Waals surface area contributed by atoms with Crippen molar-refractivity contribution in [2.45, 2.75) is 53.0 Å². The van der Waals surface area contributed by atoms with Gasteiger partial charge in [0.2, 0.25) is 5.91 Å². The minimum absolute atomic E-state index is 0.137. The van der Waals surface area contributed by atoms with E-state index >= 15 is 0 Å². The SMILES string of the molecule is CCCOc1ccc(C[C@H](C)C(=O)N[C@@H](CC(C)C)C(=O)OC)cc1. The normalized spacial score (nSPS) is 13.2. The molecule has 1 N–H and O–H groups in total. The Morgan fingerprint density at radius 2 is 1.76 bits per heavy atom. The number of hydrogen-bond donors (Lipinski definition) is 1. The van der Waals surface area contributed by atoms with Crippen LogP contribution in [0.1, 0.15) is 46.1 Å². The minimum Gasteiger partial charge on any atom is -0.494 e. The molecule has 0 heterocycles. The molecule has 1 aromatic rings. The second kappa shape index (κ2) is 10.7. The van der Waals surface area contributed by atoms with Crippen LogP contribution in [0.2, 0.25) is 0 Å².